The lowest BCUT2D eigenvalue weighted by molar-refractivity contribution is 0.102. The van der Waals surface area contributed by atoms with Gasteiger partial charge >= 0.3 is 0 Å². The number of ether oxygens (including phenoxy) is 1. The minimum atomic E-state index is -3.83. The molecule has 0 radical (unpaired) electrons. The summed E-state index contributed by atoms with van der Waals surface area (Å²) >= 11 is 0. The Morgan fingerprint density at radius 2 is 1.62 bits per heavy atom. The molecule has 0 aliphatic carbocycles. The van der Waals surface area contributed by atoms with Crippen LogP contribution in [0.4, 0.5) is 11.4 Å². The number of para-hydroxylation sites is 1. The van der Waals surface area contributed by atoms with Gasteiger partial charge in [-0.2, -0.15) is 0 Å². The molecule has 0 aliphatic heterocycles. The summed E-state index contributed by atoms with van der Waals surface area (Å²) in [4.78, 5) is 12.7. The van der Waals surface area contributed by atoms with Crippen molar-refractivity contribution in [2.75, 3.05) is 16.6 Å². The van der Waals surface area contributed by atoms with Crippen molar-refractivity contribution in [3.05, 3.63) is 83.9 Å². The predicted octanol–water partition coefficient (Wildman–Crippen LogP) is 4.45. The van der Waals surface area contributed by atoms with Crippen LogP contribution in [-0.2, 0) is 10.0 Å². The van der Waals surface area contributed by atoms with E-state index in [2.05, 4.69) is 10.0 Å². The van der Waals surface area contributed by atoms with E-state index < -0.39 is 15.9 Å². The molecule has 0 fully saturated rings. The molecule has 0 aliphatic rings. The van der Waals surface area contributed by atoms with Gasteiger partial charge in [0.1, 0.15) is 5.75 Å². The predicted molar refractivity (Wildman–Crippen MR) is 114 cm³/mol. The number of anilines is 2. The lowest BCUT2D eigenvalue weighted by Crippen LogP contribution is -2.17. The van der Waals surface area contributed by atoms with Crippen LogP contribution >= 0.6 is 0 Å². The standard InChI is InChI=1S/C22H22N2O4S/c1-3-28-20-13-11-18(12-14-20)23-22(25)17-10-9-16(2)21(15-17)29(26,27)24-19-7-5-4-6-8-19/h4-15,24H,3H2,1-2H3,(H,23,25). The fourth-order valence-corrected chi connectivity index (χ4v) is 4.08. The van der Waals surface area contributed by atoms with Crippen molar-refractivity contribution in [2.45, 2.75) is 18.7 Å². The Labute approximate surface area is 170 Å². The van der Waals surface area contributed by atoms with Gasteiger partial charge in [-0.1, -0.05) is 24.3 Å². The largest absolute Gasteiger partial charge is 0.494 e. The Balaban J connectivity index is 1.81. The molecule has 0 spiro atoms. The number of nitrogens with one attached hydrogen (secondary N) is 2. The van der Waals surface area contributed by atoms with Crippen molar-refractivity contribution >= 4 is 27.3 Å². The second kappa shape index (κ2) is 8.79. The third-order valence-corrected chi connectivity index (χ3v) is 5.71. The van der Waals surface area contributed by atoms with Gasteiger partial charge in [0.25, 0.3) is 15.9 Å². The summed E-state index contributed by atoms with van der Waals surface area (Å²) in [5.41, 5.74) is 1.84. The molecule has 0 atom stereocenters. The molecule has 1 amide bonds. The number of aryl methyl sites for hydroxylation is 1. The second-order valence-electron chi connectivity index (χ2n) is 6.36. The third-order valence-electron chi connectivity index (χ3n) is 4.19. The number of hydrogen-bond donors (Lipinski definition) is 2. The van der Waals surface area contributed by atoms with E-state index in [1.165, 1.54) is 6.07 Å². The molecular formula is C22H22N2O4S. The monoisotopic (exact) mass is 410 g/mol. The van der Waals surface area contributed by atoms with Crippen molar-refractivity contribution in [3.8, 4) is 5.75 Å². The highest BCUT2D eigenvalue weighted by Crippen LogP contribution is 2.22. The maximum Gasteiger partial charge on any atom is 0.262 e. The lowest BCUT2D eigenvalue weighted by Gasteiger charge is -2.12. The van der Waals surface area contributed by atoms with E-state index >= 15 is 0 Å². The molecule has 0 saturated carbocycles. The minimum absolute atomic E-state index is 0.0562. The highest BCUT2D eigenvalue weighted by molar-refractivity contribution is 7.92. The van der Waals surface area contributed by atoms with Gasteiger partial charge in [-0.05, 0) is 67.9 Å². The zero-order chi connectivity index (χ0) is 20.9. The fourth-order valence-electron chi connectivity index (χ4n) is 2.75. The number of carbonyl (C=O) groups excluding carboxylic acids is 1. The normalized spacial score (nSPS) is 11.0. The SMILES string of the molecule is CCOc1ccc(NC(=O)c2ccc(C)c(S(=O)(=O)Nc3ccccc3)c2)cc1. The van der Waals surface area contributed by atoms with E-state index in [1.807, 2.05) is 6.92 Å². The van der Waals surface area contributed by atoms with Crippen LogP contribution in [0.25, 0.3) is 0 Å². The molecule has 2 N–H and O–H groups in total. The van der Waals surface area contributed by atoms with Crippen LogP contribution in [0.15, 0.2) is 77.7 Å². The van der Waals surface area contributed by atoms with Gasteiger partial charge in [-0.15, -0.1) is 0 Å². The number of carbonyl (C=O) groups is 1. The molecule has 0 aromatic heterocycles. The van der Waals surface area contributed by atoms with Gasteiger partial charge in [0.05, 0.1) is 11.5 Å². The van der Waals surface area contributed by atoms with Crippen LogP contribution in [0.5, 0.6) is 5.75 Å². The molecule has 6 nitrogen and oxygen atoms in total. The van der Waals surface area contributed by atoms with E-state index in [0.717, 1.165) is 0 Å². The first kappa shape index (κ1) is 20.4. The zero-order valence-electron chi connectivity index (χ0n) is 16.2. The van der Waals surface area contributed by atoms with Gasteiger partial charge in [0.15, 0.2) is 0 Å². The molecule has 3 aromatic carbocycles. The van der Waals surface area contributed by atoms with Crippen molar-refractivity contribution in [1.82, 2.24) is 0 Å². The Morgan fingerprint density at radius 1 is 0.931 bits per heavy atom. The van der Waals surface area contributed by atoms with Gasteiger partial charge in [-0.3, -0.25) is 9.52 Å². The molecule has 29 heavy (non-hydrogen) atoms. The first-order valence-corrected chi connectivity index (χ1v) is 10.6. The summed E-state index contributed by atoms with van der Waals surface area (Å²) in [5, 5.41) is 2.77. The van der Waals surface area contributed by atoms with Gasteiger partial charge < -0.3 is 10.1 Å². The number of hydrogen-bond acceptors (Lipinski definition) is 4. The van der Waals surface area contributed by atoms with Crippen LogP contribution in [0, 0.1) is 6.92 Å². The highest BCUT2D eigenvalue weighted by Gasteiger charge is 2.19. The Bertz CT molecular complexity index is 1100. The highest BCUT2D eigenvalue weighted by atomic mass is 32.2. The van der Waals surface area contributed by atoms with E-state index in [0.29, 0.717) is 29.3 Å². The van der Waals surface area contributed by atoms with Crippen LogP contribution in [0.3, 0.4) is 0 Å². The molecule has 3 rings (SSSR count). The van der Waals surface area contributed by atoms with Crippen molar-refractivity contribution in [2.24, 2.45) is 0 Å². The molecule has 7 heteroatoms. The van der Waals surface area contributed by atoms with Crippen LogP contribution in [0.1, 0.15) is 22.8 Å². The van der Waals surface area contributed by atoms with Gasteiger partial charge in [-0.25, -0.2) is 8.42 Å². The molecule has 3 aromatic rings. The molecule has 0 unspecified atom stereocenters. The summed E-state index contributed by atoms with van der Waals surface area (Å²) in [7, 11) is -3.83. The van der Waals surface area contributed by atoms with Crippen molar-refractivity contribution in [1.29, 1.82) is 0 Å². The number of amides is 1. The van der Waals surface area contributed by atoms with Crippen molar-refractivity contribution in [3.63, 3.8) is 0 Å². The number of rotatable bonds is 7. The zero-order valence-corrected chi connectivity index (χ0v) is 17.0. The van der Waals surface area contributed by atoms with Gasteiger partial charge in [0.2, 0.25) is 0 Å². The lowest BCUT2D eigenvalue weighted by atomic mass is 10.1. The first-order valence-electron chi connectivity index (χ1n) is 9.12. The molecule has 150 valence electrons. The average molecular weight is 410 g/mol. The summed E-state index contributed by atoms with van der Waals surface area (Å²) in [5.74, 6) is 0.312. The van der Waals surface area contributed by atoms with E-state index in [-0.39, 0.29) is 10.5 Å². The fraction of sp³-hybridized carbons (Fsp3) is 0.136. The van der Waals surface area contributed by atoms with E-state index in [4.69, 9.17) is 4.74 Å². The molecular weight excluding hydrogens is 388 g/mol. The molecule has 0 saturated heterocycles. The smallest absolute Gasteiger partial charge is 0.262 e. The number of benzene rings is 3. The quantitative estimate of drug-likeness (QED) is 0.603. The maximum atomic E-state index is 12.8. The summed E-state index contributed by atoms with van der Waals surface area (Å²) in [6.45, 7) is 4.14. The Hall–Kier alpha value is -3.32. The molecule has 0 bridgehead atoms. The first-order chi connectivity index (χ1) is 13.9. The Morgan fingerprint density at radius 3 is 2.28 bits per heavy atom. The maximum absolute atomic E-state index is 12.8. The van der Waals surface area contributed by atoms with Crippen LogP contribution in [-0.4, -0.2) is 20.9 Å². The third kappa shape index (κ3) is 5.14. The Kier molecular flexibility index (Phi) is 6.19. The van der Waals surface area contributed by atoms with Gasteiger partial charge in [0, 0.05) is 16.9 Å². The molecule has 0 heterocycles. The topological polar surface area (TPSA) is 84.5 Å². The minimum Gasteiger partial charge on any atom is -0.494 e. The average Bonchev–Trinajstić information content (AvgIpc) is 2.70. The summed E-state index contributed by atoms with van der Waals surface area (Å²) in [6, 6.07) is 20.2. The van der Waals surface area contributed by atoms with E-state index in [1.54, 1.807) is 73.7 Å². The van der Waals surface area contributed by atoms with Crippen LogP contribution < -0.4 is 14.8 Å². The van der Waals surface area contributed by atoms with Crippen LogP contribution in [0.2, 0.25) is 0 Å². The van der Waals surface area contributed by atoms with Crippen molar-refractivity contribution < 1.29 is 17.9 Å². The second-order valence-corrected chi connectivity index (χ2v) is 8.01. The van der Waals surface area contributed by atoms with E-state index in [9.17, 15) is 13.2 Å². The summed E-state index contributed by atoms with van der Waals surface area (Å²) in [6.07, 6.45) is 0. The summed E-state index contributed by atoms with van der Waals surface area (Å²) < 4.78 is 33.5. The number of sulfonamides is 1.